The molecule has 1 aliphatic heterocycles. The highest BCUT2D eigenvalue weighted by atomic mass is 16.5. The van der Waals surface area contributed by atoms with E-state index in [0.29, 0.717) is 6.61 Å². The number of likely N-dealkylation sites (N-methyl/N-ethyl adjacent to an activating group) is 1. The van der Waals surface area contributed by atoms with E-state index in [2.05, 4.69) is 20.9 Å². The Morgan fingerprint density at radius 1 is 1.58 bits per heavy atom. The van der Waals surface area contributed by atoms with Gasteiger partial charge in [0.2, 0.25) is 5.91 Å². The lowest BCUT2D eigenvalue weighted by molar-refractivity contribution is -0.135. The molecule has 1 unspecified atom stereocenters. The van der Waals surface area contributed by atoms with Gasteiger partial charge in [-0.15, -0.1) is 0 Å². The van der Waals surface area contributed by atoms with Gasteiger partial charge >= 0.3 is 0 Å². The highest BCUT2D eigenvalue weighted by Gasteiger charge is 2.47. The van der Waals surface area contributed by atoms with Gasteiger partial charge in [0.05, 0.1) is 6.61 Å². The van der Waals surface area contributed by atoms with E-state index in [1.165, 1.54) is 5.69 Å². The Morgan fingerprint density at radius 3 is 2.95 bits per heavy atom. The van der Waals surface area contributed by atoms with Crippen LogP contribution in [-0.4, -0.2) is 48.2 Å². The van der Waals surface area contributed by atoms with Gasteiger partial charge < -0.3 is 14.6 Å². The summed E-state index contributed by atoms with van der Waals surface area (Å²) >= 11 is 0. The second-order valence-electron chi connectivity index (χ2n) is 5.18. The lowest BCUT2D eigenvalue weighted by Crippen LogP contribution is -2.57. The number of nitrogens with one attached hydrogen (secondary N) is 1. The number of aryl methyl sites for hydroxylation is 1. The molecule has 1 amide bonds. The Balaban J connectivity index is 2.22. The van der Waals surface area contributed by atoms with Crippen LogP contribution < -0.4 is 5.32 Å². The summed E-state index contributed by atoms with van der Waals surface area (Å²) in [7, 11) is 5.38. The lowest BCUT2D eigenvalue weighted by Gasteiger charge is -2.36. The van der Waals surface area contributed by atoms with Crippen molar-refractivity contribution in [3.8, 4) is 0 Å². The molecule has 0 spiro atoms. The smallest absolute Gasteiger partial charge is 0.242 e. The van der Waals surface area contributed by atoms with Crippen molar-refractivity contribution in [2.24, 2.45) is 7.05 Å². The summed E-state index contributed by atoms with van der Waals surface area (Å²) in [5.74, 6) is 0.0565. The molecule has 0 radical (unpaired) electrons. The van der Waals surface area contributed by atoms with Gasteiger partial charge in [-0.3, -0.25) is 9.69 Å². The van der Waals surface area contributed by atoms with Crippen molar-refractivity contribution in [3.63, 3.8) is 0 Å². The van der Waals surface area contributed by atoms with E-state index in [9.17, 15) is 4.79 Å². The number of hydrogen-bond acceptors (Lipinski definition) is 3. The van der Waals surface area contributed by atoms with Gasteiger partial charge in [-0.25, -0.2) is 0 Å². The largest absolute Gasteiger partial charge is 0.382 e. The second kappa shape index (κ2) is 5.75. The molecule has 2 rings (SSSR count). The molecule has 1 atom stereocenters. The Labute approximate surface area is 114 Å². The van der Waals surface area contributed by atoms with Crippen LogP contribution in [-0.2, 0) is 23.1 Å². The quantitative estimate of drug-likeness (QED) is 0.854. The second-order valence-corrected chi connectivity index (χ2v) is 5.18. The number of amides is 1. The van der Waals surface area contributed by atoms with Crippen LogP contribution in [0, 0.1) is 0 Å². The number of methoxy groups -OCH3 is 1. The SMILES string of the molecule is CNC(=O)C1(COC)CCCN1Cc1cccn1C. The average Bonchev–Trinajstić information content (AvgIpc) is 2.98. The molecular formula is C14H23N3O2. The highest BCUT2D eigenvalue weighted by Crippen LogP contribution is 2.31. The Kier molecular flexibility index (Phi) is 4.27. The van der Waals surface area contributed by atoms with Crippen molar-refractivity contribution in [1.29, 1.82) is 0 Å². The Hall–Kier alpha value is -1.33. The van der Waals surface area contributed by atoms with Crippen LogP contribution in [0.4, 0.5) is 0 Å². The molecule has 0 bridgehead atoms. The first-order valence-electron chi connectivity index (χ1n) is 6.70. The fourth-order valence-electron chi connectivity index (χ4n) is 2.98. The van der Waals surface area contributed by atoms with Crippen LogP contribution >= 0.6 is 0 Å². The third-order valence-electron chi connectivity index (χ3n) is 4.06. The van der Waals surface area contributed by atoms with E-state index in [1.807, 2.05) is 19.3 Å². The highest BCUT2D eigenvalue weighted by molar-refractivity contribution is 5.86. The summed E-state index contributed by atoms with van der Waals surface area (Å²) in [6, 6.07) is 4.13. The van der Waals surface area contributed by atoms with Crippen molar-refractivity contribution >= 4 is 5.91 Å². The average molecular weight is 265 g/mol. The number of hydrogen-bond donors (Lipinski definition) is 1. The van der Waals surface area contributed by atoms with Gasteiger partial charge in [0.15, 0.2) is 0 Å². The maximum atomic E-state index is 12.3. The van der Waals surface area contributed by atoms with Crippen molar-refractivity contribution in [2.75, 3.05) is 27.3 Å². The van der Waals surface area contributed by atoms with Gasteiger partial charge in [0.25, 0.3) is 0 Å². The van der Waals surface area contributed by atoms with E-state index in [0.717, 1.165) is 25.9 Å². The van der Waals surface area contributed by atoms with E-state index in [-0.39, 0.29) is 5.91 Å². The number of rotatable bonds is 5. The first-order valence-corrected chi connectivity index (χ1v) is 6.70. The van der Waals surface area contributed by atoms with Crippen LogP contribution in [0.3, 0.4) is 0 Å². The summed E-state index contributed by atoms with van der Waals surface area (Å²) in [5, 5.41) is 2.79. The first kappa shape index (κ1) is 14.1. The number of nitrogens with zero attached hydrogens (tertiary/aromatic N) is 2. The molecular weight excluding hydrogens is 242 g/mol. The molecule has 19 heavy (non-hydrogen) atoms. The Morgan fingerprint density at radius 2 is 2.37 bits per heavy atom. The number of carbonyl (C=O) groups excluding carboxylic acids is 1. The van der Waals surface area contributed by atoms with Crippen LogP contribution in [0.1, 0.15) is 18.5 Å². The standard InChI is InChI=1S/C14H23N3O2/c1-15-13(18)14(11-19-3)7-5-9-17(14)10-12-6-4-8-16(12)2/h4,6,8H,5,7,9-11H2,1-3H3,(H,15,18). The normalized spacial score (nSPS) is 23.7. The van der Waals surface area contributed by atoms with E-state index < -0.39 is 5.54 Å². The van der Waals surface area contributed by atoms with Crippen LogP contribution in [0.5, 0.6) is 0 Å². The maximum Gasteiger partial charge on any atom is 0.242 e. The molecule has 2 heterocycles. The minimum Gasteiger partial charge on any atom is -0.382 e. The molecule has 0 saturated carbocycles. The zero-order valence-electron chi connectivity index (χ0n) is 12.0. The van der Waals surface area contributed by atoms with Crippen LogP contribution in [0.15, 0.2) is 18.3 Å². The van der Waals surface area contributed by atoms with Gasteiger partial charge in [0, 0.05) is 39.6 Å². The molecule has 5 heteroatoms. The first-order chi connectivity index (χ1) is 9.14. The molecule has 0 aliphatic carbocycles. The predicted octanol–water partition coefficient (Wildman–Crippen LogP) is 0.752. The third kappa shape index (κ3) is 2.53. The van der Waals surface area contributed by atoms with Gasteiger partial charge in [-0.05, 0) is 31.5 Å². The zero-order valence-corrected chi connectivity index (χ0v) is 12.0. The minimum atomic E-state index is -0.520. The fraction of sp³-hybridized carbons (Fsp3) is 0.643. The monoisotopic (exact) mass is 265 g/mol. The minimum absolute atomic E-state index is 0.0565. The van der Waals surface area contributed by atoms with Gasteiger partial charge in [-0.1, -0.05) is 0 Å². The Bertz CT molecular complexity index is 444. The van der Waals surface area contributed by atoms with Crippen LogP contribution in [0.2, 0.25) is 0 Å². The maximum absolute atomic E-state index is 12.3. The zero-order chi connectivity index (χ0) is 13.9. The number of likely N-dealkylation sites (tertiary alicyclic amines) is 1. The van der Waals surface area contributed by atoms with Crippen molar-refractivity contribution in [1.82, 2.24) is 14.8 Å². The topological polar surface area (TPSA) is 46.5 Å². The summed E-state index contributed by atoms with van der Waals surface area (Å²) in [4.78, 5) is 14.6. The molecule has 1 aromatic rings. The molecule has 1 saturated heterocycles. The summed E-state index contributed by atoms with van der Waals surface area (Å²) < 4.78 is 7.42. The van der Waals surface area contributed by atoms with Gasteiger partial charge in [-0.2, -0.15) is 0 Å². The third-order valence-corrected chi connectivity index (χ3v) is 4.06. The molecule has 106 valence electrons. The van der Waals surface area contributed by atoms with Crippen molar-refractivity contribution in [3.05, 3.63) is 24.0 Å². The summed E-state index contributed by atoms with van der Waals surface area (Å²) in [5.41, 5.74) is 0.694. The number of carbonyl (C=O) groups is 1. The molecule has 1 aliphatic rings. The molecule has 1 N–H and O–H groups in total. The van der Waals surface area contributed by atoms with Crippen LogP contribution in [0.25, 0.3) is 0 Å². The number of aromatic nitrogens is 1. The fourth-order valence-corrected chi connectivity index (χ4v) is 2.98. The van der Waals surface area contributed by atoms with Crippen molar-refractivity contribution < 1.29 is 9.53 Å². The molecule has 1 aromatic heterocycles. The van der Waals surface area contributed by atoms with E-state index >= 15 is 0 Å². The molecule has 0 aromatic carbocycles. The predicted molar refractivity (Wildman–Crippen MR) is 73.7 cm³/mol. The summed E-state index contributed by atoms with van der Waals surface area (Å²) in [6.07, 6.45) is 3.91. The van der Waals surface area contributed by atoms with E-state index in [1.54, 1.807) is 14.2 Å². The molecule has 1 fully saturated rings. The lowest BCUT2D eigenvalue weighted by atomic mass is 9.95. The van der Waals surface area contributed by atoms with E-state index in [4.69, 9.17) is 4.74 Å². The summed E-state index contributed by atoms with van der Waals surface area (Å²) in [6.45, 7) is 2.15. The molecule has 5 nitrogen and oxygen atoms in total. The van der Waals surface area contributed by atoms with Gasteiger partial charge in [0.1, 0.15) is 5.54 Å². The number of ether oxygens (including phenoxy) is 1. The van der Waals surface area contributed by atoms with Crippen molar-refractivity contribution in [2.45, 2.75) is 24.9 Å².